The molecule has 0 aliphatic carbocycles. The average molecular weight is 402 g/mol. The van der Waals surface area contributed by atoms with Gasteiger partial charge in [0.2, 0.25) is 0 Å². The van der Waals surface area contributed by atoms with Gasteiger partial charge in [-0.05, 0) is 42.2 Å². The predicted octanol–water partition coefficient (Wildman–Crippen LogP) is 5.31. The van der Waals surface area contributed by atoms with Gasteiger partial charge in [-0.2, -0.15) is 0 Å². The SMILES string of the molecule is CCCC1=NOC(C(=O)O)(C(OCc2ccccc2C)c2ccc(Cl)cc2)C1. The molecule has 0 aromatic heterocycles. The van der Waals surface area contributed by atoms with Crippen LogP contribution in [0.5, 0.6) is 0 Å². The van der Waals surface area contributed by atoms with E-state index in [0.29, 0.717) is 17.0 Å². The zero-order chi connectivity index (χ0) is 20.1. The minimum atomic E-state index is -1.60. The van der Waals surface area contributed by atoms with Crippen molar-refractivity contribution in [1.29, 1.82) is 0 Å². The second-order valence-corrected chi connectivity index (χ2v) is 7.48. The summed E-state index contributed by atoms with van der Waals surface area (Å²) in [5.41, 5.74) is 1.91. The van der Waals surface area contributed by atoms with Gasteiger partial charge in [-0.1, -0.05) is 66.5 Å². The van der Waals surface area contributed by atoms with E-state index in [1.165, 1.54) is 0 Å². The molecule has 0 amide bonds. The molecule has 1 N–H and O–H groups in total. The normalized spacial score (nSPS) is 19.8. The van der Waals surface area contributed by atoms with E-state index < -0.39 is 17.7 Å². The molecule has 3 rings (SSSR count). The Labute approximate surface area is 169 Å². The van der Waals surface area contributed by atoms with Crippen molar-refractivity contribution in [1.82, 2.24) is 0 Å². The zero-order valence-electron chi connectivity index (χ0n) is 16.0. The van der Waals surface area contributed by atoms with Crippen LogP contribution in [0.25, 0.3) is 0 Å². The molecule has 0 bridgehead atoms. The maximum absolute atomic E-state index is 12.3. The summed E-state index contributed by atoms with van der Waals surface area (Å²) in [6, 6.07) is 14.9. The lowest BCUT2D eigenvalue weighted by Crippen LogP contribution is -2.46. The zero-order valence-corrected chi connectivity index (χ0v) is 16.8. The van der Waals surface area contributed by atoms with Crippen LogP contribution in [-0.2, 0) is 21.0 Å². The Morgan fingerprint density at radius 1 is 1.29 bits per heavy atom. The fourth-order valence-corrected chi connectivity index (χ4v) is 3.51. The van der Waals surface area contributed by atoms with Gasteiger partial charge in [-0.3, -0.25) is 0 Å². The van der Waals surface area contributed by atoms with E-state index in [1.807, 2.05) is 38.1 Å². The summed E-state index contributed by atoms with van der Waals surface area (Å²) in [6.07, 6.45) is 0.922. The number of benzene rings is 2. The second-order valence-electron chi connectivity index (χ2n) is 7.04. The van der Waals surface area contributed by atoms with Gasteiger partial charge in [-0.25, -0.2) is 4.79 Å². The third kappa shape index (κ3) is 4.21. The van der Waals surface area contributed by atoms with Gasteiger partial charge >= 0.3 is 5.97 Å². The van der Waals surface area contributed by atoms with Gasteiger partial charge in [0.15, 0.2) is 0 Å². The molecule has 6 heteroatoms. The van der Waals surface area contributed by atoms with E-state index in [2.05, 4.69) is 5.16 Å². The van der Waals surface area contributed by atoms with E-state index in [0.717, 1.165) is 23.3 Å². The molecule has 2 aromatic carbocycles. The number of oxime groups is 1. The predicted molar refractivity (Wildman–Crippen MR) is 109 cm³/mol. The van der Waals surface area contributed by atoms with E-state index in [-0.39, 0.29) is 13.0 Å². The van der Waals surface area contributed by atoms with E-state index in [4.69, 9.17) is 21.2 Å². The van der Waals surface area contributed by atoms with Gasteiger partial charge in [-0.15, -0.1) is 0 Å². The standard InChI is InChI=1S/C22H24ClNO4/c1-3-6-19-13-22(21(25)26,28-24-19)20(16-9-11-18(23)12-10-16)27-14-17-8-5-4-7-15(17)2/h4-5,7-12,20H,3,6,13-14H2,1-2H3,(H,25,26). The first-order valence-electron chi connectivity index (χ1n) is 9.35. The number of hydrogen-bond acceptors (Lipinski definition) is 4. The largest absolute Gasteiger partial charge is 0.478 e. The highest BCUT2D eigenvalue weighted by Crippen LogP contribution is 2.41. The van der Waals surface area contributed by atoms with Crippen LogP contribution in [0.3, 0.4) is 0 Å². The highest BCUT2D eigenvalue weighted by Gasteiger charge is 2.54. The number of halogens is 1. The van der Waals surface area contributed by atoms with Crippen LogP contribution in [0.2, 0.25) is 5.02 Å². The third-order valence-electron chi connectivity index (χ3n) is 4.97. The molecule has 5 nitrogen and oxygen atoms in total. The number of carboxylic acids is 1. The molecular formula is C22H24ClNO4. The molecule has 1 aliphatic heterocycles. The van der Waals surface area contributed by atoms with Crippen molar-refractivity contribution in [3.63, 3.8) is 0 Å². The lowest BCUT2D eigenvalue weighted by Gasteiger charge is -2.31. The van der Waals surface area contributed by atoms with Gasteiger partial charge < -0.3 is 14.7 Å². The number of hydrogen-bond donors (Lipinski definition) is 1. The van der Waals surface area contributed by atoms with Gasteiger partial charge in [0.1, 0.15) is 6.10 Å². The summed E-state index contributed by atoms with van der Waals surface area (Å²) in [6.45, 7) is 4.29. The number of ether oxygens (including phenoxy) is 1. The van der Waals surface area contributed by atoms with Crippen molar-refractivity contribution >= 4 is 23.3 Å². The highest BCUT2D eigenvalue weighted by atomic mass is 35.5. The molecule has 2 aromatic rings. The fraction of sp³-hybridized carbons (Fsp3) is 0.364. The summed E-state index contributed by atoms with van der Waals surface area (Å²) < 4.78 is 6.19. The minimum absolute atomic E-state index is 0.192. The maximum atomic E-state index is 12.3. The molecule has 1 aliphatic rings. The van der Waals surface area contributed by atoms with Crippen LogP contribution >= 0.6 is 11.6 Å². The molecule has 28 heavy (non-hydrogen) atoms. The van der Waals surface area contributed by atoms with Crippen molar-refractivity contribution in [2.45, 2.75) is 51.4 Å². The molecule has 1 heterocycles. The first-order valence-corrected chi connectivity index (χ1v) is 9.73. The molecular weight excluding hydrogens is 378 g/mol. The van der Waals surface area contributed by atoms with Crippen LogP contribution in [-0.4, -0.2) is 22.4 Å². The lowest BCUT2D eigenvalue weighted by atomic mass is 9.85. The van der Waals surface area contributed by atoms with E-state index in [9.17, 15) is 9.90 Å². The summed E-state index contributed by atoms with van der Waals surface area (Å²) >= 11 is 6.02. The van der Waals surface area contributed by atoms with Crippen molar-refractivity contribution in [3.05, 3.63) is 70.2 Å². The molecule has 0 saturated heterocycles. The molecule has 148 valence electrons. The maximum Gasteiger partial charge on any atom is 0.354 e. The number of aliphatic carboxylic acids is 1. The highest BCUT2D eigenvalue weighted by molar-refractivity contribution is 6.30. The van der Waals surface area contributed by atoms with Gasteiger partial charge in [0, 0.05) is 11.4 Å². The van der Waals surface area contributed by atoms with Crippen LogP contribution in [0.1, 0.15) is 49.0 Å². The molecule has 0 saturated carbocycles. The summed E-state index contributed by atoms with van der Waals surface area (Å²) in [5.74, 6) is -1.09. The Balaban J connectivity index is 1.94. The van der Waals surface area contributed by atoms with Crippen LogP contribution < -0.4 is 0 Å². The van der Waals surface area contributed by atoms with Gasteiger partial charge in [0.25, 0.3) is 5.60 Å². The Bertz CT molecular complexity index is 865. The fourth-order valence-electron chi connectivity index (χ4n) is 3.39. The summed E-state index contributed by atoms with van der Waals surface area (Å²) in [4.78, 5) is 17.9. The number of nitrogens with zero attached hydrogens (tertiary/aromatic N) is 1. The Morgan fingerprint density at radius 3 is 2.64 bits per heavy atom. The Morgan fingerprint density at radius 2 is 2.00 bits per heavy atom. The summed E-state index contributed by atoms with van der Waals surface area (Å²) in [5, 5.41) is 14.7. The lowest BCUT2D eigenvalue weighted by molar-refractivity contribution is -0.187. The molecule has 2 atom stereocenters. The number of aryl methyl sites for hydroxylation is 1. The second kappa shape index (κ2) is 8.76. The van der Waals surface area contributed by atoms with Crippen LogP contribution in [0.15, 0.2) is 53.7 Å². The number of carboxylic acid groups (broad SMARTS) is 1. The summed E-state index contributed by atoms with van der Waals surface area (Å²) in [7, 11) is 0. The molecule has 2 unspecified atom stereocenters. The molecule has 0 radical (unpaired) electrons. The van der Waals surface area contributed by atoms with E-state index in [1.54, 1.807) is 24.3 Å². The first kappa shape index (κ1) is 20.4. The Kier molecular flexibility index (Phi) is 6.37. The smallest absolute Gasteiger partial charge is 0.354 e. The monoisotopic (exact) mass is 401 g/mol. The van der Waals surface area contributed by atoms with Crippen molar-refractivity contribution in [2.75, 3.05) is 0 Å². The van der Waals surface area contributed by atoms with E-state index >= 15 is 0 Å². The molecule has 0 spiro atoms. The quantitative estimate of drug-likeness (QED) is 0.651. The first-order chi connectivity index (χ1) is 13.5. The van der Waals surface area contributed by atoms with Gasteiger partial charge in [0.05, 0.1) is 12.3 Å². The number of carbonyl (C=O) groups is 1. The van der Waals surface area contributed by atoms with Crippen molar-refractivity contribution in [2.24, 2.45) is 5.16 Å². The van der Waals surface area contributed by atoms with Crippen molar-refractivity contribution in [3.8, 4) is 0 Å². The molecule has 0 fully saturated rings. The van der Waals surface area contributed by atoms with Crippen LogP contribution in [0, 0.1) is 6.92 Å². The van der Waals surface area contributed by atoms with Crippen molar-refractivity contribution < 1.29 is 19.5 Å². The Hall–Kier alpha value is -2.37. The average Bonchev–Trinajstić information content (AvgIpc) is 3.10. The third-order valence-corrected chi connectivity index (χ3v) is 5.22. The number of rotatable bonds is 8. The van der Waals surface area contributed by atoms with Crippen LogP contribution in [0.4, 0.5) is 0 Å². The topological polar surface area (TPSA) is 68.1 Å². The minimum Gasteiger partial charge on any atom is -0.478 e.